The third kappa shape index (κ3) is 5.17. The maximum absolute atomic E-state index is 12.9. The van der Waals surface area contributed by atoms with E-state index in [4.69, 9.17) is 4.42 Å². The lowest BCUT2D eigenvalue weighted by Crippen LogP contribution is -2.44. The van der Waals surface area contributed by atoms with Crippen LogP contribution < -0.4 is 5.32 Å². The van der Waals surface area contributed by atoms with Crippen LogP contribution in [-0.4, -0.2) is 29.9 Å². The van der Waals surface area contributed by atoms with E-state index in [0.29, 0.717) is 25.2 Å². The molecule has 4 rings (SSSR count). The van der Waals surface area contributed by atoms with Gasteiger partial charge in [0.25, 0.3) is 5.91 Å². The molecule has 0 aliphatic carbocycles. The van der Waals surface area contributed by atoms with Crippen LogP contribution >= 0.6 is 0 Å². The average molecular weight is 428 g/mol. The summed E-state index contributed by atoms with van der Waals surface area (Å²) in [5, 5.41) is 3.04. The van der Waals surface area contributed by atoms with Crippen molar-refractivity contribution >= 4 is 5.91 Å². The van der Waals surface area contributed by atoms with Crippen LogP contribution in [0.25, 0.3) is 11.1 Å². The molecule has 7 heteroatoms. The molecule has 1 aromatic heterocycles. The summed E-state index contributed by atoms with van der Waals surface area (Å²) < 4.78 is 44.2. The predicted molar refractivity (Wildman–Crippen MR) is 111 cm³/mol. The van der Waals surface area contributed by atoms with Gasteiger partial charge in [-0.2, -0.15) is 13.2 Å². The highest BCUT2D eigenvalue weighted by Gasteiger charge is 2.30. The second-order valence-electron chi connectivity index (χ2n) is 7.75. The Morgan fingerprint density at radius 3 is 2.48 bits per heavy atom. The molecule has 0 spiro atoms. The first kappa shape index (κ1) is 21.2. The van der Waals surface area contributed by atoms with Gasteiger partial charge in [0.05, 0.1) is 11.8 Å². The average Bonchev–Trinajstić information content (AvgIpc) is 3.26. The van der Waals surface area contributed by atoms with Crippen LogP contribution in [0, 0.1) is 0 Å². The van der Waals surface area contributed by atoms with Crippen LogP contribution in [-0.2, 0) is 12.7 Å². The molecule has 31 heavy (non-hydrogen) atoms. The van der Waals surface area contributed by atoms with Crippen molar-refractivity contribution < 1.29 is 22.4 Å². The normalized spacial score (nSPS) is 15.7. The quantitative estimate of drug-likeness (QED) is 0.595. The van der Waals surface area contributed by atoms with Crippen molar-refractivity contribution in [3.8, 4) is 11.1 Å². The van der Waals surface area contributed by atoms with Crippen LogP contribution in [0.5, 0.6) is 0 Å². The lowest BCUT2D eigenvalue weighted by atomic mass is 10.0. The Balaban J connectivity index is 1.32. The SMILES string of the molecule is O=C(NC1CCN(Cc2cccc(C(F)(F)F)c2)CC1)c1occc1-c1ccccc1. The molecule has 1 amide bonds. The minimum absolute atomic E-state index is 0.000942. The number of halogens is 3. The van der Waals surface area contributed by atoms with Gasteiger partial charge >= 0.3 is 6.18 Å². The van der Waals surface area contributed by atoms with Crippen molar-refractivity contribution in [1.29, 1.82) is 0 Å². The van der Waals surface area contributed by atoms with Gasteiger partial charge in [-0.05, 0) is 36.1 Å². The highest BCUT2D eigenvalue weighted by Crippen LogP contribution is 2.30. The molecule has 0 radical (unpaired) electrons. The van der Waals surface area contributed by atoms with E-state index in [1.54, 1.807) is 12.1 Å². The highest BCUT2D eigenvalue weighted by molar-refractivity contribution is 5.98. The van der Waals surface area contributed by atoms with Gasteiger partial charge in [0.2, 0.25) is 0 Å². The number of furan rings is 1. The number of hydrogen-bond donors (Lipinski definition) is 1. The number of benzene rings is 2. The number of alkyl halides is 3. The Kier molecular flexibility index (Phi) is 6.13. The number of carbonyl (C=O) groups is 1. The van der Waals surface area contributed by atoms with Crippen molar-refractivity contribution in [3.05, 3.63) is 83.8 Å². The van der Waals surface area contributed by atoms with Crippen molar-refractivity contribution in [2.45, 2.75) is 31.6 Å². The number of rotatable bonds is 5. The zero-order chi connectivity index (χ0) is 21.8. The summed E-state index contributed by atoms with van der Waals surface area (Å²) in [4.78, 5) is 14.9. The fraction of sp³-hybridized carbons (Fsp3) is 0.292. The molecule has 162 valence electrons. The lowest BCUT2D eigenvalue weighted by Gasteiger charge is -2.32. The zero-order valence-electron chi connectivity index (χ0n) is 16.9. The molecule has 1 fully saturated rings. The van der Waals surface area contributed by atoms with Crippen molar-refractivity contribution in [2.24, 2.45) is 0 Å². The molecule has 1 aliphatic heterocycles. The van der Waals surface area contributed by atoms with E-state index in [1.807, 2.05) is 30.3 Å². The molecule has 0 atom stereocenters. The first-order valence-electron chi connectivity index (χ1n) is 10.2. The van der Waals surface area contributed by atoms with Gasteiger partial charge in [-0.1, -0.05) is 48.5 Å². The number of carbonyl (C=O) groups excluding carboxylic acids is 1. The van der Waals surface area contributed by atoms with E-state index in [1.165, 1.54) is 18.4 Å². The Bertz CT molecular complexity index is 1020. The van der Waals surface area contributed by atoms with Gasteiger partial charge in [-0.25, -0.2) is 0 Å². The van der Waals surface area contributed by atoms with Gasteiger partial charge in [-0.15, -0.1) is 0 Å². The molecule has 2 aromatic carbocycles. The third-order valence-corrected chi connectivity index (χ3v) is 5.54. The third-order valence-electron chi connectivity index (χ3n) is 5.54. The molecule has 3 aromatic rings. The minimum atomic E-state index is -4.34. The summed E-state index contributed by atoms with van der Waals surface area (Å²) in [5.41, 5.74) is 1.68. The van der Waals surface area contributed by atoms with Crippen LogP contribution in [0.4, 0.5) is 13.2 Å². The van der Waals surface area contributed by atoms with E-state index in [2.05, 4.69) is 10.2 Å². The molecular formula is C24H23F3N2O2. The first-order chi connectivity index (χ1) is 14.9. The Hall–Kier alpha value is -3.06. The molecule has 1 aliphatic rings. The summed E-state index contributed by atoms with van der Waals surface area (Å²) in [5.74, 6) is 0.0396. The van der Waals surface area contributed by atoms with Crippen LogP contribution in [0.2, 0.25) is 0 Å². The molecule has 0 saturated carbocycles. The number of nitrogens with zero attached hydrogens (tertiary/aromatic N) is 1. The van der Waals surface area contributed by atoms with Crippen molar-refractivity contribution in [1.82, 2.24) is 10.2 Å². The highest BCUT2D eigenvalue weighted by atomic mass is 19.4. The molecule has 0 bridgehead atoms. The monoisotopic (exact) mass is 428 g/mol. The van der Waals surface area contributed by atoms with Crippen molar-refractivity contribution in [3.63, 3.8) is 0 Å². The predicted octanol–water partition coefficient (Wildman–Crippen LogP) is 5.36. The van der Waals surface area contributed by atoms with Gasteiger partial charge < -0.3 is 9.73 Å². The number of likely N-dealkylation sites (tertiary alicyclic amines) is 1. The lowest BCUT2D eigenvalue weighted by molar-refractivity contribution is -0.137. The van der Waals surface area contributed by atoms with Gasteiger partial charge in [0.15, 0.2) is 5.76 Å². The summed E-state index contributed by atoms with van der Waals surface area (Å²) >= 11 is 0. The van der Waals surface area contributed by atoms with Gasteiger partial charge in [-0.3, -0.25) is 9.69 Å². The number of amides is 1. The summed E-state index contributed by atoms with van der Waals surface area (Å²) in [6, 6.07) is 16.8. The maximum Gasteiger partial charge on any atom is 0.416 e. The summed E-state index contributed by atoms with van der Waals surface area (Å²) in [6.45, 7) is 1.86. The van der Waals surface area contributed by atoms with Gasteiger partial charge in [0, 0.05) is 31.2 Å². The molecule has 2 heterocycles. The van der Waals surface area contributed by atoms with Crippen LogP contribution in [0.15, 0.2) is 71.3 Å². The molecule has 4 nitrogen and oxygen atoms in total. The number of hydrogen-bond acceptors (Lipinski definition) is 3. The molecule has 1 N–H and O–H groups in total. The van der Waals surface area contributed by atoms with Crippen molar-refractivity contribution in [2.75, 3.05) is 13.1 Å². The Labute approximate surface area is 178 Å². The Morgan fingerprint density at radius 1 is 1.03 bits per heavy atom. The van der Waals surface area contributed by atoms with Crippen LogP contribution in [0.1, 0.15) is 34.5 Å². The second-order valence-corrected chi connectivity index (χ2v) is 7.75. The van der Waals surface area contributed by atoms with E-state index in [-0.39, 0.29) is 17.7 Å². The van der Waals surface area contributed by atoms with E-state index < -0.39 is 11.7 Å². The van der Waals surface area contributed by atoms with Gasteiger partial charge in [0.1, 0.15) is 0 Å². The smallest absolute Gasteiger partial charge is 0.416 e. The Morgan fingerprint density at radius 2 is 1.77 bits per heavy atom. The molecule has 0 unspecified atom stereocenters. The van der Waals surface area contributed by atoms with Crippen LogP contribution in [0.3, 0.4) is 0 Å². The topological polar surface area (TPSA) is 45.5 Å². The van der Waals surface area contributed by atoms with E-state index >= 15 is 0 Å². The summed E-state index contributed by atoms with van der Waals surface area (Å²) in [7, 11) is 0. The largest absolute Gasteiger partial charge is 0.459 e. The number of nitrogens with one attached hydrogen (secondary N) is 1. The fourth-order valence-electron chi connectivity index (χ4n) is 3.92. The van der Waals surface area contributed by atoms with E-state index in [9.17, 15) is 18.0 Å². The zero-order valence-corrected chi connectivity index (χ0v) is 16.9. The first-order valence-corrected chi connectivity index (χ1v) is 10.2. The number of piperidine rings is 1. The van der Waals surface area contributed by atoms with E-state index in [0.717, 1.165) is 30.0 Å². The maximum atomic E-state index is 12.9. The molecular weight excluding hydrogens is 405 g/mol. The summed E-state index contributed by atoms with van der Waals surface area (Å²) in [6.07, 6.45) is -1.37. The standard InChI is InChI=1S/C24H23F3N2O2/c25-24(26,27)19-8-4-5-17(15-19)16-29-12-9-20(10-13-29)28-23(30)22-21(11-14-31-22)18-6-2-1-3-7-18/h1-8,11,14-15,20H,9-10,12-13,16H2,(H,28,30). The fourth-order valence-corrected chi connectivity index (χ4v) is 3.92. The minimum Gasteiger partial charge on any atom is -0.459 e. The molecule has 1 saturated heterocycles. The second kappa shape index (κ2) is 8.98.